The summed E-state index contributed by atoms with van der Waals surface area (Å²) in [6.07, 6.45) is 5.55. The van der Waals surface area contributed by atoms with Crippen LogP contribution in [-0.2, 0) is 6.42 Å². The molecule has 2 unspecified atom stereocenters. The van der Waals surface area contributed by atoms with E-state index in [2.05, 4.69) is 63.8 Å². The molecular weight excluding hydrogens is 258 g/mol. The average Bonchev–Trinajstić information content (AvgIpc) is 2.88. The number of rotatable bonds is 10. The number of hydrogen-bond donors (Lipinski definition) is 1. The van der Waals surface area contributed by atoms with Crippen LogP contribution in [0.2, 0.25) is 0 Å². The van der Waals surface area contributed by atoms with Crippen molar-refractivity contribution in [2.75, 3.05) is 13.1 Å². The van der Waals surface area contributed by atoms with Crippen molar-refractivity contribution in [3.05, 3.63) is 18.0 Å². The van der Waals surface area contributed by atoms with Crippen LogP contribution in [0.1, 0.15) is 66.1 Å². The standard InChI is InChI=1S/C18H35N3/c1-7-18(8-2)21-10-9-17(20-21)11-15(5)16(6)13-19-12-14(3)4/h9-10,14-16,18-19H,7-8,11-13H2,1-6H3. The molecule has 0 bridgehead atoms. The Morgan fingerprint density at radius 1 is 1.05 bits per heavy atom. The van der Waals surface area contributed by atoms with E-state index in [-0.39, 0.29) is 0 Å². The van der Waals surface area contributed by atoms with Crippen molar-refractivity contribution in [3.8, 4) is 0 Å². The van der Waals surface area contributed by atoms with E-state index in [1.165, 1.54) is 5.69 Å². The van der Waals surface area contributed by atoms with Crippen molar-refractivity contribution < 1.29 is 0 Å². The molecule has 3 nitrogen and oxygen atoms in total. The molecule has 1 rings (SSSR count). The van der Waals surface area contributed by atoms with E-state index < -0.39 is 0 Å². The number of aromatic nitrogens is 2. The van der Waals surface area contributed by atoms with Crippen molar-refractivity contribution in [1.82, 2.24) is 15.1 Å². The minimum absolute atomic E-state index is 0.555. The second-order valence-corrected chi connectivity index (χ2v) is 6.97. The van der Waals surface area contributed by atoms with Crippen LogP contribution in [0.15, 0.2) is 12.3 Å². The van der Waals surface area contributed by atoms with Gasteiger partial charge >= 0.3 is 0 Å². The Bertz CT molecular complexity index is 380. The van der Waals surface area contributed by atoms with Gasteiger partial charge in [-0.3, -0.25) is 4.68 Å². The topological polar surface area (TPSA) is 29.9 Å². The van der Waals surface area contributed by atoms with Gasteiger partial charge in [0, 0.05) is 6.20 Å². The summed E-state index contributed by atoms with van der Waals surface area (Å²) in [7, 11) is 0. The van der Waals surface area contributed by atoms with Crippen LogP contribution in [0, 0.1) is 17.8 Å². The Hall–Kier alpha value is -0.830. The lowest BCUT2D eigenvalue weighted by atomic mass is 9.91. The Morgan fingerprint density at radius 2 is 1.71 bits per heavy atom. The molecule has 0 aliphatic rings. The minimum atomic E-state index is 0.555. The molecule has 3 heteroatoms. The maximum absolute atomic E-state index is 4.78. The maximum atomic E-state index is 4.78. The number of nitrogens with zero attached hydrogens (tertiary/aromatic N) is 2. The molecule has 1 aromatic rings. The van der Waals surface area contributed by atoms with Gasteiger partial charge in [-0.1, -0.05) is 41.5 Å². The molecule has 0 saturated carbocycles. The Balaban J connectivity index is 2.45. The van der Waals surface area contributed by atoms with Crippen LogP contribution in [0.5, 0.6) is 0 Å². The Labute approximate surface area is 131 Å². The average molecular weight is 293 g/mol. The fourth-order valence-corrected chi connectivity index (χ4v) is 2.68. The van der Waals surface area contributed by atoms with Crippen molar-refractivity contribution in [2.24, 2.45) is 17.8 Å². The van der Waals surface area contributed by atoms with Crippen molar-refractivity contribution >= 4 is 0 Å². The van der Waals surface area contributed by atoms with Gasteiger partial charge in [0.1, 0.15) is 0 Å². The van der Waals surface area contributed by atoms with E-state index in [0.29, 0.717) is 17.9 Å². The van der Waals surface area contributed by atoms with Gasteiger partial charge in [0.2, 0.25) is 0 Å². The molecule has 0 aliphatic heterocycles. The van der Waals surface area contributed by atoms with E-state index in [1.807, 2.05) is 0 Å². The highest BCUT2D eigenvalue weighted by atomic mass is 15.3. The molecule has 0 radical (unpaired) electrons. The lowest BCUT2D eigenvalue weighted by molar-refractivity contribution is 0.352. The molecule has 0 amide bonds. The predicted molar refractivity (Wildman–Crippen MR) is 91.6 cm³/mol. The Kier molecular flexibility index (Phi) is 8.02. The van der Waals surface area contributed by atoms with Crippen molar-refractivity contribution in [2.45, 2.75) is 66.8 Å². The zero-order valence-electron chi connectivity index (χ0n) is 14.9. The molecule has 0 saturated heterocycles. The first-order chi connectivity index (χ1) is 9.97. The van der Waals surface area contributed by atoms with Crippen LogP contribution >= 0.6 is 0 Å². The van der Waals surface area contributed by atoms with Crippen molar-refractivity contribution in [3.63, 3.8) is 0 Å². The van der Waals surface area contributed by atoms with E-state index in [0.717, 1.165) is 38.3 Å². The summed E-state index contributed by atoms with van der Waals surface area (Å²) < 4.78 is 2.16. The fourth-order valence-electron chi connectivity index (χ4n) is 2.68. The van der Waals surface area contributed by atoms with Gasteiger partial charge in [0.25, 0.3) is 0 Å². The van der Waals surface area contributed by atoms with E-state index in [4.69, 9.17) is 5.10 Å². The van der Waals surface area contributed by atoms with Crippen LogP contribution in [0.4, 0.5) is 0 Å². The third-order valence-electron chi connectivity index (χ3n) is 4.50. The smallest absolute Gasteiger partial charge is 0.0627 e. The van der Waals surface area contributed by atoms with E-state index >= 15 is 0 Å². The molecule has 1 N–H and O–H groups in total. The summed E-state index contributed by atoms with van der Waals surface area (Å²) in [5.74, 6) is 2.07. The van der Waals surface area contributed by atoms with E-state index in [1.54, 1.807) is 0 Å². The largest absolute Gasteiger partial charge is 0.316 e. The highest BCUT2D eigenvalue weighted by Gasteiger charge is 2.15. The third kappa shape index (κ3) is 6.21. The molecule has 0 spiro atoms. The zero-order chi connectivity index (χ0) is 15.8. The molecule has 0 aromatic carbocycles. The lowest BCUT2D eigenvalue weighted by Gasteiger charge is -2.20. The van der Waals surface area contributed by atoms with Crippen LogP contribution < -0.4 is 5.32 Å². The molecule has 1 heterocycles. The summed E-state index contributed by atoms with van der Waals surface area (Å²) >= 11 is 0. The zero-order valence-corrected chi connectivity index (χ0v) is 14.9. The summed E-state index contributed by atoms with van der Waals surface area (Å²) in [4.78, 5) is 0. The van der Waals surface area contributed by atoms with Gasteiger partial charge in [-0.25, -0.2) is 0 Å². The van der Waals surface area contributed by atoms with Crippen molar-refractivity contribution in [1.29, 1.82) is 0 Å². The molecule has 122 valence electrons. The first-order valence-electron chi connectivity index (χ1n) is 8.72. The molecule has 0 aliphatic carbocycles. The number of hydrogen-bond acceptors (Lipinski definition) is 2. The maximum Gasteiger partial charge on any atom is 0.0627 e. The molecule has 1 aromatic heterocycles. The summed E-state index contributed by atoms with van der Waals surface area (Å²) in [5, 5.41) is 8.35. The van der Waals surface area contributed by atoms with Crippen LogP contribution in [0.3, 0.4) is 0 Å². The summed E-state index contributed by atoms with van der Waals surface area (Å²) in [6.45, 7) is 15.9. The van der Waals surface area contributed by atoms with Crippen LogP contribution in [0.25, 0.3) is 0 Å². The first kappa shape index (κ1) is 18.2. The number of nitrogens with one attached hydrogen (secondary N) is 1. The van der Waals surface area contributed by atoms with Gasteiger partial charge in [-0.15, -0.1) is 0 Å². The molecule has 21 heavy (non-hydrogen) atoms. The summed E-state index contributed by atoms with van der Waals surface area (Å²) in [5.41, 5.74) is 1.24. The first-order valence-corrected chi connectivity index (χ1v) is 8.72. The molecule has 0 fully saturated rings. The third-order valence-corrected chi connectivity index (χ3v) is 4.50. The summed E-state index contributed by atoms with van der Waals surface area (Å²) in [6, 6.07) is 2.75. The van der Waals surface area contributed by atoms with E-state index in [9.17, 15) is 0 Å². The normalized spacial score (nSPS) is 14.9. The minimum Gasteiger partial charge on any atom is -0.316 e. The molecule has 2 atom stereocenters. The SMILES string of the molecule is CCC(CC)n1ccc(CC(C)C(C)CNCC(C)C)n1. The predicted octanol–water partition coefficient (Wildman–Crippen LogP) is 4.30. The fraction of sp³-hybridized carbons (Fsp3) is 0.833. The highest BCUT2D eigenvalue weighted by molar-refractivity contribution is 5.01. The van der Waals surface area contributed by atoms with Gasteiger partial charge in [-0.05, 0) is 56.2 Å². The van der Waals surface area contributed by atoms with Gasteiger partial charge < -0.3 is 5.32 Å². The highest BCUT2D eigenvalue weighted by Crippen LogP contribution is 2.18. The molecular formula is C18H35N3. The van der Waals surface area contributed by atoms with Gasteiger partial charge in [-0.2, -0.15) is 5.10 Å². The quantitative estimate of drug-likeness (QED) is 0.697. The van der Waals surface area contributed by atoms with Crippen LogP contribution in [-0.4, -0.2) is 22.9 Å². The van der Waals surface area contributed by atoms with Gasteiger partial charge in [0.15, 0.2) is 0 Å². The Morgan fingerprint density at radius 3 is 2.29 bits per heavy atom. The second kappa shape index (κ2) is 9.24. The second-order valence-electron chi connectivity index (χ2n) is 6.97. The monoisotopic (exact) mass is 293 g/mol. The lowest BCUT2D eigenvalue weighted by Crippen LogP contribution is -2.29. The van der Waals surface area contributed by atoms with Gasteiger partial charge in [0.05, 0.1) is 11.7 Å².